The lowest BCUT2D eigenvalue weighted by molar-refractivity contribution is 0.303. The summed E-state index contributed by atoms with van der Waals surface area (Å²) in [5.41, 5.74) is 3.58. The number of hydrogen-bond acceptors (Lipinski definition) is 2. The highest BCUT2D eigenvalue weighted by atomic mass is 35.5. The molecule has 0 aliphatic carbocycles. The molecule has 1 aromatic carbocycles. The van der Waals surface area contributed by atoms with Crippen LogP contribution in [-0.4, -0.2) is 16.7 Å². The molecule has 0 fully saturated rings. The number of halogens is 1. The Morgan fingerprint density at radius 2 is 1.83 bits per heavy atom. The fraction of sp³-hybridized carbons (Fsp3) is 0.316. The van der Waals surface area contributed by atoms with Gasteiger partial charge in [-0.2, -0.15) is 0 Å². The van der Waals surface area contributed by atoms with Gasteiger partial charge in [0.1, 0.15) is 5.02 Å². The summed E-state index contributed by atoms with van der Waals surface area (Å²) in [6.07, 6.45) is 2.44. The van der Waals surface area contributed by atoms with Crippen LogP contribution in [0.2, 0.25) is 5.02 Å². The van der Waals surface area contributed by atoms with E-state index in [1.165, 1.54) is 5.56 Å². The molecule has 2 N–H and O–H groups in total. The number of aliphatic hydroxyl groups is 1. The molecule has 0 saturated heterocycles. The molecule has 0 aliphatic heterocycles. The normalized spacial score (nSPS) is 12.5. The molecule has 4 heteroatoms. The summed E-state index contributed by atoms with van der Waals surface area (Å²) in [6, 6.07) is 11.6. The van der Waals surface area contributed by atoms with Crippen LogP contribution in [-0.2, 0) is 5.41 Å². The first kappa shape index (κ1) is 17.5. The Kier molecular flexibility index (Phi) is 5.45. The molecule has 0 spiro atoms. The molecule has 0 aliphatic rings. The Morgan fingerprint density at radius 3 is 2.35 bits per heavy atom. The number of aromatic amines is 1. The van der Waals surface area contributed by atoms with Gasteiger partial charge < -0.3 is 10.1 Å². The lowest BCUT2D eigenvalue weighted by Gasteiger charge is -2.19. The standard InChI is InChI=1S/C19H22ClNO2/c1-19(2,3)14-8-6-13(7-9-14)15(5-4-12-22)17-11-10-16(20)18(23)21-17/h5-11,22H,4,12H2,1-3H3,(H,21,23). The summed E-state index contributed by atoms with van der Waals surface area (Å²) in [5.74, 6) is 0. The second kappa shape index (κ2) is 7.16. The van der Waals surface area contributed by atoms with E-state index in [9.17, 15) is 4.79 Å². The van der Waals surface area contributed by atoms with Crippen molar-refractivity contribution >= 4 is 17.2 Å². The Morgan fingerprint density at radius 1 is 1.17 bits per heavy atom. The molecule has 0 saturated carbocycles. The highest BCUT2D eigenvalue weighted by molar-refractivity contribution is 6.30. The predicted octanol–water partition coefficient (Wildman–Crippen LogP) is 4.14. The number of rotatable bonds is 4. The molecular weight excluding hydrogens is 310 g/mol. The number of nitrogens with one attached hydrogen (secondary N) is 1. The van der Waals surface area contributed by atoms with Crippen LogP contribution in [0.4, 0.5) is 0 Å². The van der Waals surface area contributed by atoms with Gasteiger partial charge in [-0.05, 0) is 35.1 Å². The van der Waals surface area contributed by atoms with Crippen molar-refractivity contribution in [3.05, 3.63) is 74.7 Å². The molecule has 23 heavy (non-hydrogen) atoms. The summed E-state index contributed by atoms with van der Waals surface area (Å²) >= 11 is 5.80. The molecule has 1 heterocycles. The van der Waals surface area contributed by atoms with Crippen LogP contribution in [0, 0.1) is 0 Å². The van der Waals surface area contributed by atoms with Crippen molar-refractivity contribution in [2.24, 2.45) is 0 Å². The highest BCUT2D eigenvalue weighted by Gasteiger charge is 2.14. The largest absolute Gasteiger partial charge is 0.396 e. The fourth-order valence-electron chi connectivity index (χ4n) is 2.35. The van der Waals surface area contributed by atoms with Crippen molar-refractivity contribution in [1.29, 1.82) is 0 Å². The molecule has 0 radical (unpaired) electrons. The minimum absolute atomic E-state index is 0.0569. The molecule has 0 unspecified atom stereocenters. The molecule has 0 bridgehead atoms. The van der Waals surface area contributed by atoms with E-state index in [1.54, 1.807) is 12.1 Å². The van der Waals surface area contributed by atoms with E-state index in [0.29, 0.717) is 12.1 Å². The van der Waals surface area contributed by atoms with Crippen LogP contribution < -0.4 is 5.56 Å². The first-order valence-corrected chi connectivity index (χ1v) is 8.02. The van der Waals surface area contributed by atoms with Gasteiger partial charge in [-0.25, -0.2) is 0 Å². The van der Waals surface area contributed by atoms with Crippen molar-refractivity contribution in [3.63, 3.8) is 0 Å². The van der Waals surface area contributed by atoms with Crippen LogP contribution >= 0.6 is 11.6 Å². The number of aliphatic hydroxyl groups excluding tert-OH is 1. The van der Waals surface area contributed by atoms with Crippen LogP contribution in [0.3, 0.4) is 0 Å². The number of hydrogen-bond donors (Lipinski definition) is 2. The van der Waals surface area contributed by atoms with Crippen molar-refractivity contribution in [2.45, 2.75) is 32.6 Å². The Bertz CT molecular complexity index is 752. The van der Waals surface area contributed by atoms with Gasteiger partial charge in [0, 0.05) is 17.9 Å². The lowest BCUT2D eigenvalue weighted by atomic mass is 9.86. The Labute approximate surface area is 141 Å². The minimum atomic E-state index is -0.314. The van der Waals surface area contributed by atoms with E-state index in [1.807, 2.05) is 18.2 Å². The maximum absolute atomic E-state index is 11.8. The number of H-pyrrole nitrogens is 1. The first-order valence-electron chi connectivity index (χ1n) is 7.64. The average molecular weight is 332 g/mol. The van der Waals surface area contributed by atoms with Gasteiger partial charge in [0.05, 0.1) is 0 Å². The van der Waals surface area contributed by atoms with Crippen LogP contribution in [0.15, 0.2) is 47.3 Å². The zero-order chi connectivity index (χ0) is 17.0. The third kappa shape index (κ3) is 4.34. The zero-order valence-corrected chi connectivity index (χ0v) is 14.4. The molecule has 122 valence electrons. The van der Waals surface area contributed by atoms with Crippen LogP contribution in [0.5, 0.6) is 0 Å². The van der Waals surface area contributed by atoms with Gasteiger partial charge in [-0.1, -0.05) is 62.7 Å². The fourth-order valence-corrected chi connectivity index (χ4v) is 2.47. The van der Waals surface area contributed by atoms with Gasteiger partial charge in [-0.15, -0.1) is 0 Å². The third-order valence-electron chi connectivity index (χ3n) is 3.69. The quantitative estimate of drug-likeness (QED) is 0.884. The van der Waals surface area contributed by atoms with E-state index in [4.69, 9.17) is 16.7 Å². The summed E-state index contributed by atoms with van der Waals surface area (Å²) in [4.78, 5) is 14.6. The maximum atomic E-state index is 11.8. The first-order chi connectivity index (χ1) is 10.8. The van der Waals surface area contributed by atoms with Gasteiger partial charge in [0.25, 0.3) is 5.56 Å². The summed E-state index contributed by atoms with van der Waals surface area (Å²) in [5, 5.41) is 9.29. The topological polar surface area (TPSA) is 53.1 Å². The van der Waals surface area contributed by atoms with Gasteiger partial charge in [0.2, 0.25) is 0 Å². The smallest absolute Gasteiger partial charge is 0.267 e. The summed E-state index contributed by atoms with van der Waals surface area (Å²) < 4.78 is 0. The molecule has 2 rings (SSSR count). The van der Waals surface area contributed by atoms with Gasteiger partial charge >= 0.3 is 0 Å². The zero-order valence-electron chi connectivity index (χ0n) is 13.7. The van der Waals surface area contributed by atoms with E-state index in [-0.39, 0.29) is 22.6 Å². The minimum Gasteiger partial charge on any atom is -0.396 e. The van der Waals surface area contributed by atoms with Crippen molar-refractivity contribution in [2.75, 3.05) is 6.61 Å². The molecule has 0 amide bonds. The van der Waals surface area contributed by atoms with E-state index < -0.39 is 0 Å². The monoisotopic (exact) mass is 331 g/mol. The highest BCUT2D eigenvalue weighted by Crippen LogP contribution is 2.27. The SMILES string of the molecule is CC(C)(C)c1ccc(C(=CCCO)c2ccc(Cl)c(=O)[nH]2)cc1. The second-order valence-electron chi connectivity index (χ2n) is 6.51. The predicted molar refractivity (Wildman–Crippen MR) is 96.0 cm³/mol. The maximum Gasteiger partial charge on any atom is 0.267 e. The molecule has 0 atom stereocenters. The number of benzene rings is 1. The Balaban J connectivity index is 2.47. The summed E-state index contributed by atoms with van der Waals surface area (Å²) in [7, 11) is 0. The van der Waals surface area contributed by atoms with Gasteiger partial charge in [0.15, 0.2) is 0 Å². The summed E-state index contributed by atoms with van der Waals surface area (Å²) in [6.45, 7) is 6.56. The third-order valence-corrected chi connectivity index (χ3v) is 3.99. The number of aromatic nitrogens is 1. The molecule has 3 nitrogen and oxygen atoms in total. The van der Waals surface area contributed by atoms with E-state index >= 15 is 0 Å². The Hall–Kier alpha value is -1.84. The second-order valence-corrected chi connectivity index (χ2v) is 6.91. The van der Waals surface area contributed by atoms with Gasteiger partial charge in [-0.3, -0.25) is 4.79 Å². The molecular formula is C19H22ClNO2. The lowest BCUT2D eigenvalue weighted by Crippen LogP contribution is -2.11. The van der Waals surface area contributed by atoms with E-state index in [0.717, 1.165) is 11.1 Å². The van der Waals surface area contributed by atoms with Crippen LogP contribution in [0.25, 0.3) is 5.57 Å². The number of pyridine rings is 1. The average Bonchev–Trinajstić information content (AvgIpc) is 2.50. The van der Waals surface area contributed by atoms with Crippen molar-refractivity contribution in [3.8, 4) is 0 Å². The molecule has 1 aromatic heterocycles. The van der Waals surface area contributed by atoms with E-state index in [2.05, 4.69) is 37.9 Å². The molecule has 2 aromatic rings. The van der Waals surface area contributed by atoms with Crippen molar-refractivity contribution in [1.82, 2.24) is 4.98 Å². The van der Waals surface area contributed by atoms with Crippen molar-refractivity contribution < 1.29 is 5.11 Å². The van der Waals surface area contributed by atoms with Crippen LogP contribution in [0.1, 0.15) is 44.0 Å².